The number of hydrogen-bond acceptors (Lipinski definition) is 6. The monoisotopic (exact) mass is 406 g/mol. The van der Waals surface area contributed by atoms with Crippen LogP contribution in [0.25, 0.3) is 0 Å². The maximum Gasteiger partial charge on any atom is 0.286 e. The number of aryl methyl sites for hydroxylation is 1. The van der Waals surface area contributed by atoms with Crippen LogP contribution in [0.15, 0.2) is 46.2 Å². The van der Waals surface area contributed by atoms with Crippen molar-refractivity contribution < 1.29 is 18.1 Å². The van der Waals surface area contributed by atoms with E-state index in [0.717, 1.165) is 17.8 Å². The zero-order valence-corrected chi connectivity index (χ0v) is 15.8. The molecule has 1 amide bonds. The SMILES string of the molecule is Cc1ccc(S(=O)(=O)N2CCN(C(=O)c3cc([N+](=O)[O-])c[nH]c3=O)CC2)cc1. The molecule has 1 aliphatic heterocycles. The summed E-state index contributed by atoms with van der Waals surface area (Å²) >= 11 is 0. The molecule has 1 N–H and O–H groups in total. The number of piperazine rings is 1. The molecule has 2 aromatic rings. The molecule has 0 unspecified atom stereocenters. The Morgan fingerprint density at radius 3 is 2.32 bits per heavy atom. The van der Waals surface area contributed by atoms with Crippen molar-refractivity contribution in [3.05, 3.63) is 68.1 Å². The van der Waals surface area contributed by atoms with Gasteiger partial charge in [0.15, 0.2) is 0 Å². The predicted molar refractivity (Wildman–Crippen MR) is 99.6 cm³/mol. The average Bonchev–Trinajstić information content (AvgIpc) is 2.68. The van der Waals surface area contributed by atoms with Gasteiger partial charge in [-0.05, 0) is 19.1 Å². The molecule has 0 bridgehead atoms. The number of H-pyrrole nitrogens is 1. The summed E-state index contributed by atoms with van der Waals surface area (Å²) in [6, 6.07) is 7.41. The van der Waals surface area contributed by atoms with Crippen LogP contribution >= 0.6 is 0 Å². The first kappa shape index (κ1) is 19.7. The van der Waals surface area contributed by atoms with Gasteiger partial charge in [-0.1, -0.05) is 17.7 Å². The average molecular weight is 406 g/mol. The molecule has 1 fully saturated rings. The number of carbonyl (C=O) groups excluding carboxylic acids is 1. The Morgan fingerprint density at radius 2 is 1.75 bits per heavy atom. The number of nitrogens with one attached hydrogen (secondary N) is 1. The second kappa shape index (κ2) is 7.52. The highest BCUT2D eigenvalue weighted by Crippen LogP contribution is 2.19. The van der Waals surface area contributed by atoms with Crippen molar-refractivity contribution in [2.24, 2.45) is 0 Å². The van der Waals surface area contributed by atoms with Crippen LogP contribution in [-0.2, 0) is 10.0 Å². The van der Waals surface area contributed by atoms with Gasteiger partial charge in [0, 0.05) is 32.2 Å². The van der Waals surface area contributed by atoms with Crippen LogP contribution in [0.5, 0.6) is 0 Å². The number of hydrogen-bond donors (Lipinski definition) is 1. The van der Waals surface area contributed by atoms with E-state index in [2.05, 4.69) is 4.98 Å². The van der Waals surface area contributed by atoms with Crippen molar-refractivity contribution in [3.63, 3.8) is 0 Å². The third-order valence-corrected chi connectivity index (χ3v) is 6.43. The topological polar surface area (TPSA) is 134 Å². The van der Waals surface area contributed by atoms with Crippen LogP contribution in [-0.4, -0.2) is 59.6 Å². The van der Waals surface area contributed by atoms with Crippen LogP contribution < -0.4 is 5.56 Å². The molecule has 1 aromatic carbocycles. The molecule has 28 heavy (non-hydrogen) atoms. The Kier molecular flexibility index (Phi) is 5.29. The minimum Gasteiger partial charge on any atom is -0.336 e. The predicted octanol–water partition coefficient (Wildman–Crippen LogP) is 0.738. The van der Waals surface area contributed by atoms with E-state index in [1.807, 2.05) is 6.92 Å². The number of amides is 1. The fourth-order valence-electron chi connectivity index (χ4n) is 2.90. The van der Waals surface area contributed by atoms with E-state index < -0.39 is 32.1 Å². The zero-order chi connectivity index (χ0) is 20.5. The minimum absolute atomic E-state index is 0.0643. The molecule has 148 valence electrons. The van der Waals surface area contributed by atoms with Gasteiger partial charge < -0.3 is 9.88 Å². The third kappa shape index (κ3) is 3.80. The molecule has 3 rings (SSSR count). The number of benzene rings is 1. The van der Waals surface area contributed by atoms with Crippen LogP contribution in [0.4, 0.5) is 5.69 Å². The molecular formula is C17H18N4O6S. The summed E-state index contributed by atoms with van der Waals surface area (Å²) < 4.78 is 26.7. The number of rotatable bonds is 4. The van der Waals surface area contributed by atoms with Crippen molar-refractivity contribution in [3.8, 4) is 0 Å². The lowest BCUT2D eigenvalue weighted by Gasteiger charge is -2.33. The van der Waals surface area contributed by atoms with Crippen LogP contribution in [0.3, 0.4) is 0 Å². The van der Waals surface area contributed by atoms with E-state index in [9.17, 15) is 28.1 Å². The van der Waals surface area contributed by atoms with E-state index in [0.29, 0.717) is 0 Å². The highest BCUT2D eigenvalue weighted by molar-refractivity contribution is 7.89. The standard InChI is InChI=1S/C17H18N4O6S/c1-12-2-4-14(5-3-12)28(26,27)20-8-6-19(7-9-20)17(23)15-10-13(21(24)25)11-18-16(15)22/h2-5,10-11H,6-9H2,1H3,(H,18,22). The summed E-state index contributed by atoms with van der Waals surface area (Å²) in [6.45, 7) is 2.14. The number of nitro groups is 1. The first-order chi connectivity index (χ1) is 13.2. The smallest absolute Gasteiger partial charge is 0.286 e. The van der Waals surface area contributed by atoms with Gasteiger partial charge >= 0.3 is 0 Å². The number of aromatic nitrogens is 1. The first-order valence-corrected chi connectivity index (χ1v) is 9.87. The van der Waals surface area contributed by atoms with E-state index in [-0.39, 0.29) is 36.6 Å². The molecule has 10 nitrogen and oxygen atoms in total. The van der Waals surface area contributed by atoms with E-state index >= 15 is 0 Å². The van der Waals surface area contributed by atoms with Gasteiger partial charge in [-0.25, -0.2) is 8.42 Å². The molecule has 1 aromatic heterocycles. The normalized spacial score (nSPS) is 15.4. The molecule has 0 aliphatic carbocycles. The lowest BCUT2D eigenvalue weighted by atomic mass is 10.2. The van der Waals surface area contributed by atoms with E-state index in [1.165, 1.54) is 21.3 Å². The maximum atomic E-state index is 12.7. The fourth-order valence-corrected chi connectivity index (χ4v) is 4.32. The lowest BCUT2D eigenvalue weighted by molar-refractivity contribution is -0.385. The third-order valence-electron chi connectivity index (χ3n) is 4.51. The molecule has 11 heteroatoms. The van der Waals surface area contributed by atoms with Crippen LogP contribution in [0.2, 0.25) is 0 Å². The van der Waals surface area contributed by atoms with Crippen molar-refractivity contribution in [2.45, 2.75) is 11.8 Å². The number of carbonyl (C=O) groups is 1. The number of nitrogens with zero attached hydrogens (tertiary/aromatic N) is 3. The van der Waals surface area contributed by atoms with Crippen molar-refractivity contribution in [1.29, 1.82) is 0 Å². The second-order valence-corrected chi connectivity index (χ2v) is 8.31. The van der Waals surface area contributed by atoms with Gasteiger partial charge in [-0.2, -0.15) is 4.31 Å². The van der Waals surface area contributed by atoms with Crippen molar-refractivity contribution >= 4 is 21.6 Å². The summed E-state index contributed by atoms with van der Waals surface area (Å²) in [7, 11) is -3.68. The van der Waals surface area contributed by atoms with Crippen LogP contribution in [0.1, 0.15) is 15.9 Å². The number of aromatic amines is 1. The van der Waals surface area contributed by atoms with Crippen molar-refractivity contribution in [1.82, 2.24) is 14.2 Å². The molecule has 0 saturated carbocycles. The summed E-state index contributed by atoms with van der Waals surface area (Å²) in [4.78, 5) is 38.3. The summed E-state index contributed by atoms with van der Waals surface area (Å²) in [5.74, 6) is -0.669. The molecule has 0 atom stereocenters. The summed E-state index contributed by atoms with van der Waals surface area (Å²) in [6.07, 6.45) is 0.922. The molecule has 1 aliphatic rings. The zero-order valence-electron chi connectivity index (χ0n) is 15.0. The molecule has 2 heterocycles. The summed E-state index contributed by atoms with van der Waals surface area (Å²) in [5.41, 5.74) is -0.533. The maximum absolute atomic E-state index is 12.7. The minimum atomic E-state index is -3.68. The first-order valence-electron chi connectivity index (χ1n) is 8.43. The fraction of sp³-hybridized carbons (Fsp3) is 0.294. The second-order valence-electron chi connectivity index (χ2n) is 6.37. The van der Waals surface area contributed by atoms with Gasteiger partial charge in [0.2, 0.25) is 10.0 Å². The molecule has 1 saturated heterocycles. The summed E-state index contributed by atoms with van der Waals surface area (Å²) in [5, 5.41) is 10.9. The Labute approximate surface area is 160 Å². The molecule has 0 radical (unpaired) electrons. The largest absolute Gasteiger partial charge is 0.336 e. The number of sulfonamides is 1. The van der Waals surface area contributed by atoms with Gasteiger partial charge in [0.25, 0.3) is 17.2 Å². The quantitative estimate of drug-likeness (QED) is 0.588. The van der Waals surface area contributed by atoms with Gasteiger partial charge in [0.1, 0.15) is 5.56 Å². The Hall–Kier alpha value is -3.05. The Morgan fingerprint density at radius 1 is 1.14 bits per heavy atom. The molecule has 0 spiro atoms. The van der Waals surface area contributed by atoms with Gasteiger partial charge in [-0.3, -0.25) is 19.7 Å². The lowest BCUT2D eigenvalue weighted by Crippen LogP contribution is -2.51. The Balaban J connectivity index is 1.74. The van der Waals surface area contributed by atoms with E-state index in [4.69, 9.17) is 0 Å². The van der Waals surface area contributed by atoms with Gasteiger partial charge in [-0.15, -0.1) is 0 Å². The van der Waals surface area contributed by atoms with Crippen molar-refractivity contribution in [2.75, 3.05) is 26.2 Å². The van der Waals surface area contributed by atoms with Crippen LogP contribution in [0, 0.1) is 17.0 Å². The highest BCUT2D eigenvalue weighted by atomic mass is 32.2. The Bertz CT molecular complexity index is 1070. The number of pyridine rings is 1. The highest BCUT2D eigenvalue weighted by Gasteiger charge is 2.31. The molecular weight excluding hydrogens is 388 g/mol. The van der Waals surface area contributed by atoms with E-state index in [1.54, 1.807) is 12.1 Å². The van der Waals surface area contributed by atoms with Gasteiger partial charge in [0.05, 0.1) is 16.0 Å².